The van der Waals surface area contributed by atoms with Crippen LogP contribution in [0.4, 0.5) is 10.1 Å². The Morgan fingerprint density at radius 1 is 1.14 bits per heavy atom. The van der Waals surface area contributed by atoms with Gasteiger partial charge in [0.05, 0.1) is 11.9 Å². The Labute approximate surface area is 228 Å². The number of rotatable bonds is 11. The Morgan fingerprint density at radius 3 is 2.43 bits per heavy atom. The van der Waals surface area contributed by atoms with E-state index in [-0.39, 0.29) is 49.5 Å². The zero-order chi connectivity index (χ0) is 27.2. The van der Waals surface area contributed by atoms with Gasteiger partial charge in [-0.05, 0) is 56.0 Å². The van der Waals surface area contributed by atoms with Gasteiger partial charge in [0.25, 0.3) is 0 Å². The van der Waals surface area contributed by atoms with Crippen molar-refractivity contribution in [2.75, 3.05) is 17.1 Å². The molecule has 3 rings (SSSR count). The van der Waals surface area contributed by atoms with Gasteiger partial charge in [-0.15, -0.1) is 0 Å². The number of nitrogens with one attached hydrogen (secondary N) is 1. The predicted octanol–water partition coefficient (Wildman–Crippen LogP) is 5.15. The number of benzene rings is 2. The summed E-state index contributed by atoms with van der Waals surface area (Å²) in [6.07, 6.45) is 5.00. The van der Waals surface area contributed by atoms with Crippen LogP contribution in [0.25, 0.3) is 0 Å². The van der Waals surface area contributed by atoms with Gasteiger partial charge in [0, 0.05) is 35.6 Å². The molecule has 2 aromatic rings. The van der Waals surface area contributed by atoms with Crippen molar-refractivity contribution < 1.29 is 22.4 Å². The fourth-order valence-corrected chi connectivity index (χ4v) is 5.88. The molecule has 37 heavy (non-hydrogen) atoms. The van der Waals surface area contributed by atoms with E-state index < -0.39 is 21.9 Å². The standard InChI is InChI=1S/C26H32Cl2FN3O4S/c1-18(26(34)30-21-8-3-4-9-21)31(17-19-13-14-20(27)16-22(19)28)25(33)12-7-15-32(37(2,35)36)24-11-6-5-10-23(24)29/h5-6,10-11,13-14,16,18,21H,3-4,7-9,12,15,17H2,1-2H3,(H,30,34). The predicted molar refractivity (Wildman–Crippen MR) is 145 cm³/mol. The number of hydrogen-bond donors (Lipinski definition) is 1. The zero-order valence-electron chi connectivity index (χ0n) is 20.9. The molecule has 1 N–H and O–H groups in total. The molecule has 1 saturated carbocycles. The minimum Gasteiger partial charge on any atom is -0.352 e. The molecule has 0 radical (unpaired) electrons. The fraction of sp³-hybridized carbons (Fsp3) is 0.462. The smallest absolute Gasteiger partial charge is 0.242 e. The number of para-hydroxylation sites is 1. The van der Waals surface area contributed by atoms with E-state index in [0.717, 1.165) is 36.2 Å². The highest BCUT2D eigenvalue weighted by Crippen LogP contribution is 2.25. The van der Waals surface area contributed by atoms with Gasteiger partial charge in [0.1, 0.15) is 11.9 Å². The van der Waals surface area contributed by atoms with Gasteiger partial charge in [0.2, 0.25) is 21.8 Å². The van der Waals surface area contributed by atoms with Crippen LogP contribution in [0.3, 0.4) is 0 Å². The average Bonchev–Trinajstić information content (AvgIpc) is 3.34. The lowest BCUT2D eigenvalue weighted by Crippen LogP contribution is -2.49. The molecule has 7 nitrogen and oxygen atoms in total. The molecule has 0 heterocycles. The summed E-state index contributed by atoms with van der Waals surface area (Å²) in [7, 11) is -3.79. The van der Waals surface area contributed by atoms with Crippen LogP contribution in [0, 0.1) is 5.82 Å². The van der Waals surface area contributed by atoms with E-state index >= 15 is 0 Å². The van der Waals surface area contributed by atoms with E-state index in [1.54, 1.807) is 31.2 Å². The second-order valence-corrected chi connectivity index (χ2v) is 12.1. The summed E-state index contributed by atoms with van der Waals surface area (Å²) in [4.78, 5) is 27.8. The average molecular weight is 573 g/mol. The van der Waals surface area contributed by atoms with Crippen LogP contribution in [-0.2, 0) is 26.2 Å². The second-order valence-electron chi connectivity index (χ2n) is 9.31. The number of nitrogens with zero attached hydrogens (tertiary/aromatic N) is 2. The topological polar surface area (TPSA) is 86.8 Å². The molecule has 1 fully saturated rings. The third-order valence-corrected chi connectivity index (χ3v) is 8.26. The second kappa shape index (κ2) is 12.9. The molecule has 0 aliphatic heterocycles. The number of carbonyl (C=O) groups is 2. The van der Waals surface area contributed by atoms with Crippen molar-refractivity contribution in [3.63, 3.8) is 0 Å². The first-order chi connectivity index (χ1) is 17.5. The molecular weight excluding hydrogens is 540 g/mol. The highest BCUT2D eigenvalue weighted by Gasteiger charge is 2.29. The Balaban J connectivity index is 1.75. The molecule has 0 spiro atoms. The van der Waals surface area contributed by atoms with Gasteiger partial charge < -0.3 is 10.2 Å². The molecule has 1 aliphatic carbocycles. The minimum atomic E-state index is -3.79. The summed E-state index contributed by atoms with van der Waals surface area (Å²) in [5.41, 5.74) is 0.551. The van der Waals surface area contributed by atoms with Crippen molar-refractivity contribution in [1.82, 2.24) is 10.2 Å². The molecule has 0 aromatic heterocycles. The maximum Gasteiger partial charge on any atom is 0.242 e. The Hall–Kier alpha value is -2.36. The van der Waals surface area contributed by atoms with Crippen molar-refractivity contribution >= 4 is 50.7 Å². The SMILES string of the molecule is CC(C(=O)NC1CCCC1)N(Cc1ccc(Cl)cc1Cl)C(=O)CCCN(c1ccccc1F)S(C)(=O)=O. The van der Waals surface area contributed by atoms with Crippen molar-refractivity contribution in [1.29, 1.82) is 0 Å². The van der Waals surface area contributed by atoms with Crippen LogP contribution in [0.5, 0.6) is 0 Å². The quantitative estimate of drug-likeness (QED) is 0.404. The molecule has 202 valence electrons. The summed E-state index contributed by atoms with van der Waals surface area (Å²) in [5, 5.41) is 3.85. The van der Waals surface area contributed by atoms with E-state index in [9.17, 15) is 22.4 Å². The third-order valence-electron chi connectivity index (χ3n) is 6.50. The largest absolute Gasteiger partial charge is 0.352 e. The van der Waals surface area contributed by atoms with Gasteiger partial charge in [-0.1, -0.05) is 54.2 Å². The maximum absolute atomic E-state index is 14.3. The lowest BCUT2D eigenvalue weighted by Gasteiger charge is -2.30. The van der Waals surface area contributed by atoms with E-state index in [1.165, 1.54) is 23.1 Å². The lowest BCUT2D eigenvalue weighted by molar-refractivity contribution is -0.140. The van der Waals surface area contributed by atoms with Crippen LogP contribution in [0.1, 0.15) is 51.0 Å². The summed E-state index contributed by atoms with van der Waals surface area (Å²) in [6, 6.07) is 9.83. The monoisotopic (exact) mass is 571 g/mol. The molecule has 0 bridgehead atoms. The van der Waals surface area contributed by atoms with Crippen molar-refractivity contribution in [3.8, 4) is 0 Å². The summed E-state index contributed by atoms with van der Waals surface area (Å²) < 4.78 is 40.0. The van der Waals surface area contributed by atoms with Crippen molar-refractivity contribution in [3.05, 3.63) is 63.9 Å². The number of amides is 2. The van der Waals surface area contributed by atoms with E-state index in [1.807, 2.05) is 0 Å². The number of hydrogen-bond acceptors (Lipinski definition) is 4. The Kier molecular flexibility index (Phi) is 10.2. The van der Waals surface area contributed by atoms with Crippen LogP contribution < -0.4 is 9.62 Å². The minimum absolute atomic E-state index is 0.0489. The zero-order valence-corrected chi connectivity index (χ0v) is 23.3. The molecule has 1 atom stereocenters. The first-order valence-electron chi connectivity index (χ1n) is 12.2. The van der Waals surface area contributed by atoms with Crippen LogP contribution in [-0.4, -0.2) is 50.0 Å². The number of anilines is 1. The summed E-state index contributed by atoms with van der Waals surface area (Å²) >= 11 is 12.4. The fourth-order valence-electron chi connectivity index (χ4n) is 4.44. The van der Waals surface area contributed by atoms with Crippen LogP contribution >= 0.6 is 23.2 Å². The Morgan fingerprint density at radius 2 is 1.81 bits per heavy atom. The summed E-state index contributed by atoms with van der Waals surface area (Å²) in [6.45, 7) is 1.65. The Bertz CT molecular complexity index is 1220. The highest BCUT2D eigenvalue weighted by molar-refractivity contribution is 7.92. The molecule has 0 saturated heterocycles. The van der Waals surface area contributed by atoms with Crippen molar-refractivity contribution in [2.45, 2.75) is 64.1 Å². The molecule has 1 unspecified atom stereocenters. The number of halogens is 3. The van der Waals surface area contributed by atoms with E-state index in [4.69, 9.17) is 23.2 Å². The normalized spacial score (nSPS) is 14.8. The van der Waals surface area contributed by atoms with Crippen LogP contribution in [0.15, 0.2) is 42.5 Å². The molecule has 1 aliphatic rings. The van der Waals surface area contributed by atoms with Crippen LogP contribution in [0.2, 0.25) is 10.0 Å². The summed E-state index contributed by atoms with van der Waals surface area (Å²) in [5.74, 6) is -1.27. The maximum atomic E-state index is 14.3. The third kappa shape index (κ3) is 8.06. The molecular formula is C26H32Cl2FN3O4S. The molecule has 2 amide bonds. The van der Waals surface area contributed by atoms with Crippen molar-refractivity contribution in [2.24, 2.45) is 0 Å². The van der Waals surface area contributed by atoms with Gasteiger partial charge in [0.15, 0.2) is 0 Å². The first-order valence-corrected chi connectivity index (χ1v) is 14.8. The van der Waals surface area contributed by atoms with Gasteiger partial charge in [-0.3, -0.25) is 13.9 Å². The van der Waals surface area contributed by atoms with E-state index in [2.05, 4.69) is 5.32 Å². The molecule has 11 heteroatoms. The van der Waals surface area contributed by atoms with E-state index in [0.29, 0.717) is 15.6 Å². The molecule has 2 aromatic carbocycles. The number of sulfonamides is 1. The van der Waals surface area contributed by atoms with Gasteiger partial charge in [-0.2, -0.15) is 0 Å². The lowest BCUT2D eigenvalue weighted by atomic mass is 10.1. The number of carbonyl (C=O) groups excluding carboxylic acids is 2. The highest BCUT2D eigenvalue weighted by atomic mass is 35.5. The van der Waals surface area contributed by atoms with Gasteiger partial charge >= 0.3 is 0 Å². The first kappa shape index (κ1) is 29.2. The van der Waals surface area contributed by atoms with Gasteiger partial charge in [-0.25, -0.2) is 12.8 Å².